The van der Waals surface area contributed by atoms with Gasteiger partial charge in [-0.1, -0.05) is 54.2 Å². The summed E-state index contributed by atoms with van der Waals surface area (Å²) in [6.45, 7) is 7.46. The molecule has 2 amide bonds. The first-order valence-corrected chi connectivity index (χ1v) is 11.0. The van der Waals surface area contributed by atoms with Crippen LogP contribution in [0.1, 0.15) is 39.3 Å². The number of benzene rings is 2. The van der Waals surface area contributed by atoms with E-state index < -0.39 is 0 Å². The second-order valence-corrected chi connectivity index (χ2v) is 8.46. The minimum Gasteiger partial charge on any atom is -0.325 e. The Balaban J connectivity index is 1.59. The van der Waals surface area contributed by atoms with Crippen molar-refractivity contribution in [3.8, 4) is 0 Å². The number of rotatable bonds is 9. The van der Waals surface area contributed by atoms with Crippen molar-refractivity contribution in [2.45, 2.75) is 33.7 Å². The van der Waals surface area contributed by atoms with Crippen molar-refractivity contribution >= 4 is 34.5 Å². The van der Waals surface area contributed by atoms with Crippen LogP contribution >= 0.6 is 11.3 Å². The predicted molar refractivity (Wildman–Crippen MR) is 124 cm³/mol. The maximum atomic E-state index is 12.5. The van der Waals surface area contributed by atoms with Crippen LogP contribution in [-0.2, 0) is 11.3 Å². The van der Waals surface area contributed by atoms with Crippen molar-refractivity contribution in [1.82, 2.24) is 15.1 Å². The molecule has 1 aromatic heterocycles. The molecule has 0 spiro atoms. The summed E-state index contributed by atoms with van der Waals surface area (Å²) in [5.41, 5.74) is 3.67. The Morgan fingerprint density at radius 1 is 1.00 bits per heavy atom. The molecule has 8 heteroatoms. The fraction of sp³-hybridized carbons (Fsp3) is 0.304. The van der Waals surface area contributed by atoms with Gasteiger partial charge in [-0.25, -0.2) is 0 Å². The topological polar surface area (TPSA) is 87.2 Å². The number of anilines is 2. The van der Waals surface area contributed by atoms with Crippen molar-refractivity contribution in [3.05, 3.63) is 69.7 Å². The summed E-state index contributed by atoms with van der Waals surface area (Å²) in [5, 5.41) is 15.0. The van der Waals surface area contributed by atoms with E-state index in [4.69, 9.17) is 0 Å². The molecular weight excluding hydrogens is 410 g/mol. The van der Waals surface area contributed by atoms with E-state index in [1.54, 1.807) is 0 Å². The Morgan fingerprint density at radius 2 is 1.74 bits per heavy atom. The maximum Gasteiger partial charge on any atom is 0.286 e. The Hall–Kier alpha value is -3.10. The summed E-state index contributed by atoms with van der Waals surface area (Å²) < 4.78 is 0. The lowest BCUT2D eigenvalue weighted by atomic mass is 10.2. The van der Waals surface area contributed by atoms with Crippen molar-refractivity contribution in [2.24, 2.45) is 0 Å². The van der Waals surface area contributed by atoms with E-state index in [0.717, 1.165) is 29.8 Å². The van der Waals surface area contributed by atoms with Gasteiger partial charge in [0, 0.05) is 11.4 Å². The van der Waals surface area contributed by atoms with Crippen LogP contribution in [0, 0.1) is 13.8 Å². The monoisotopic (exact) mass is 437 g/mol. The second-order valence-electron chi connectivity index (χ2n) is 7.39. The highest BCUT2D eigenvalue weighted by atomic mass is 32.1. The van der Waals surface area contributed by atoms with Crippen LogP contribution in [-0.4, -0.2) is 40.0 Å². The Labute approximate surface area is 186 Å². The molecule has 0 aliphatic heterocycles. The molecule has 2 N–H and O–H groups in total. The zero-order valence-electron chi connectivity index (χ0n) is 18.0. The third kappa shape index (κ3) is 6.70. The van der Waals surface area contributed by atoms with Crippen molar-refractivity contribution in [2.75, 3.05) is 23.7 Å². The minimum absolute atomic E-state index is 0.0791. The van der Waals surface area contributed by atoms with Gasteiger partial charge in [0.25, 0.3) is 5.91 Å². The van der Waals surface area contributed by atoms with Gasteiger partial charge in [0.15, 0.2) is 0 Å². The van der Waals surface area contributed by atoms with Crippen molar-refractivity contribution in [3.63, 3.8) is 0 Å². The Bertz CT molecular complexity index is 1030. The molecular formula is C23H27N5O2S. The summed E-state index contributed by atoms with van der Waals surface area (Å²) in [7, 11) is 0. The smallest absolute Gasteiger partial charge is 0.286 e. The van der Waals surface area contributed by atoms with Crippen molar-refractivity contribution in [1.29, 1.82) is 0 Å². The molecule has 0 aliphatic carbocycles. The van der Waals surface area contributed by atoms with E-state index in [2.05, 4.69) is 27.8 Å². The average Bonchev–Trinajstić information content (AvgIpc) is 3.20. The first kappa shape index (κ1) is 22.6. The van der Waals surface area contributed by atoms with Crippen LogP contribution < -0.4 is 10.6 Å². The lowest BCUT2D eigenvalue weighted by Crippen LogP contribution is -2.33. The number of carbonyl (C=O) groups excluding carboxylic acids is 2. The van der Waals surface area contributed by atoms with Crippen molar-refractivity contribution < 1.29 is 9.59 Å². The van der Waals surface area contributed by atoms with Gasteiger partial charge in [-0.2, -0.15) is 0 Å². The van der Waals surface area contributed by atoms with Crippen LogP contribution in [0.3, 0.4) is 0 Å². The van der Waals surface area contributed by atoms with Gasteiger partial charge in [-0.3, -0.25) is 14.5 Å². The van der Waals surface area contributed by atoms with Crippen LogP contribution in [0.15, 0.2) is 48.5 Å². The molecule has 0 unspecified atom stereocenters. The maximum absolute atomic E-state index is 12.5. The predicted octanol–water partition coefficient (Wildman–Crippen LogP) is 4.26. The van der Waals surface area contributed by atoms with E-state index in [-0.39, 0.29) is 18.4 Å². The largest absolute Gasteiger partial charge is 0.325 e. The van der Waals surface area contributed by atoms with Gasteiger partial charge in [0.2, 0.25) is 10.9 Å². The van der Waals surface area contributed by atoms with Gasteiger partial charge in [0.05, 0.1) is 13.1 Å². The third-order valence-corrected chi connectivity index (χ3v) is 5.56. The lowest BCUT2D eigenvalue weighted by Gasteiger charge is -2.20. The molecule has 0 aliphatic rings. The molecule has 3 rings (SSSR count). The molecule has 1 heterocycles. The Morgan fingerprint density at radius 3 is 2.45 bits per heavy atom. The number of para-hydroxylation sites is 1. The summed E-state index contributed by atoms with van der Waals surface area (Å²) in [5.74, 6) is -0.364. The second kappa shape index (κ2) is 10.8. The van der Waals surface area contributed by atoms with Crippen LogP contribution in [0.4, 0.5) is 11.4 Å². The molecule has 3 aromatic rings. The zero-order chi connectivity index (χ0) is 22.2. The van der Waals surface area contributed by atoms with Gasteiger partial charge in [0.1, 0.15) is 5.01 Å². The zero-order valence-corrected chi connectivity index (χ0v) is 18.8. The SMILES string of the molecule is CCCN(CC(=O)Nc1ccccc1C)Cc1nnc(C(=O)Nc2ccc(C)cc2)s1. The molecule has 7 nitrogen and oxygen atoms in total. The fourth-order valence-corrected chi connectivity index (χ4v) is 3.84. The number of hydrogen-bond donors (Lipinski definition) is 2. The number of aryl methyl sites for hydroxylation is 2. The summed E-state index contributed by atoms with van der Waals surface area (Å²) >= 11 is 1.24. The van der Waals surface area contributed by atoms with Crippen LogP contribution in [0.2, 0.25) is 0 Å². The van der Waals surface area contributed by atoms with Gasteiger partial charge >= 0.3 is 0 Å². The van der Waals surface area contributed by atoms with E-state index >= 15 is 0 Å². The Kier molecular flexibility index (Phi) is 7.86. The highest BCUT2D eigenvalue weighted by Crippen LogP contribution is 2.17. The molecule has 0 saturated carbocycles. The number of nitrogens with zero attached hydrogens (tertiary/aromatic N) is 3. The number of aromatic nitrogens is 2. The van der Waals surface area contributed by atoms with E-state index in [0.29, 0.717) is 22.2 Å². The molecule has 0 radical (unpaired) electrons. The molecule has 0 atom stereocenters. The molecule has 31 heavy (non-hydrogen) atoms. The van der Waals surface area contributed by atoms with E-state index in [9.17, 15) is 9.59 Å². The number of nitrogens with one attached hydrogen (secondary N) is 2. The molecule has 0 saturated heterocycles. The van der Waals surface area contributed by atoms with Crippen LogP contribution in [0.25, 0.3) is 0 Å². The molecule has 162 valence electrons. The third-order valence-electron chi connectivity index (χ3n) is 4.66. The average molecular weight is 438 g/mol. The molecule has 2 aromatic carbocycles. The quantitative estimate of drug-likeness (QED) is 0.522. The van der Waals surface area contributed by atoms with Crippen LogP contribution in [0.5, 0.6) is 0 Å². The summed E-state index contributed by atoms with van der Waals surface area (Å²) in [4.78, 5) is 27.0. The minimum atomic E-state index is -0.285. The van der Waals surface area contributed by atoms with E-state index in [1.807, 2.05) is 67.3 Å². The molecule has 0 bridgehead atoms. The first-order chi connectivity index (χ1) is 14.9. The number of carbonyl (C=O) groups is 2. The lowest BCUT2D eigenvalue weighted by molar-refractivity contribution is -0.117. The van der Waals surface area contributed by atoms with E-state index in [1.165, 1.54) is 11.3 Å². The number of hydrogen-bond acceptors (Lipinski definition) is 6. The molecule has 0 fully saturated rings. The number of amides is 2. The standard InChI is InChI=1S/C23H27N5O2S/c1-4-13-28(14-20(29)25-19-8-6-5-7-17(19)3)15-21-26-27-23(31-21)22(30)24-18-11-9-16(2)10-12-18/h5-12H,4,13-15H2,1-3H3,(H,24,30)(H,25,29). The van der Waals surface area contributed by atoms with Gasteiger partial charge in [-0.05, 0) is 50.6 Å². The van der Waals surface area contributed by atoms with Gasteiger partial charge in [-0.15, -0.1) is 10.2 Å². The normalized spacial score (nSPS) is 10.8. The summed E-state index contributed by atoms with van der Waals surface area (Å²) in [6, 6.07) is 15.3. The highest BCUT2D eigenvalue weighted by molar-refractivity contribution is 7.13. The first-order valence-electron chi connectivity index (χ1n) is 10.2. The fourth-order valence-electron chi connectivity index (χ4n) is 3.06. The highest BCUT2D eigenvalue weighted by Gasteiger charge is 2.17. The van der Waals surface area contributed by atoms with Gasteiger partial charge < -0.3 is 10.6 Å². The summed E-state index contributed by atoms with van der Waals surface area (Å²) in [6.07, 6.45) is 0.900.